The monoisotopic (exact) mass is 262 g/mol. The van der Waals surface area contributed by atoms with Crippen molar-refractivity contribution < 1.29 is 4.74 Å². The molecular weight excluding hydrogens is 236 g/mol. The summed E-state index contributed by atoms with van der Waals surface area (Å²) < 4.78 is 5.67. The zero-order chi connectivity index (χ0) is 13.8. The van der Waals surface area contributed by atoms with Gasteiger partial charge < -0.3 is 10.5 Å². The largest absolute Gasteiger partial charge is 0.494 e. The predicted molar refractivity (Wildman–Crippen MR) is 79.4 cm³/mol. The molecule has 106 valence electrons. The summed E-state index contributed by atoms with van der Waals surface area (Å²) in [6.45, 7) is 9.37. The molecule has 1 saturated heterocycles. The van der Waals surface area contributed by atoms with E-state index in [9.17, 15) is 0 Å². The van der Waals surface area contributed by atoms with Gasteiger partial charge in [-0.15, -0.1) is 0 Å². The molecule has 0 amide bonds. The quantitative estimate of drug-likeness (QED) is 0.887. The molecule has 0 aromatic heterocycles. The first-order valence-corrected chi connectivity index (χ1v) is 7.33. The van der Waals surface area contributed by atoms with Crippen LogP contribution >= 0.6 is 0 Å². The third-order valence-corrected chi connectivity index (χ3v) is 3.96. The van der Waals surface area contributed by atoms with Gasteiger partial charge in [0.05, 0.1) is 6.61 Å². The fourth-order valence-corrected chi connectivity index (χ4v) is 3.07. The van der Waals surface area contributed by atoms with Crippen molar-refractivity contribution in [2.24, 2.45) is 11.7 Å². The Morgan fingerprint density at radius 2 is 2.11 bits per heavy atom. The minimum absolute atomic E-state index is 0.0236. The molecule has 3 atom stereocenters. The molecule has 19 heavy (non-hydrogen) atoms. The van der Waals surface area contributed by atoms with Crippen molar-refractivity contribution in [1.29, 1.82) is 0 Å². The van der Waals surface area contributed by atoms with Crippen LogP contribution in [-0.2, 0) is 0 Å². The van der Waals surface area contributed by atoms with Gasteiger partial charge in [0.15, 0.2) is 0 Å². The number of benzene rings is 1. The molecule has 2 rings (SSSR count). The third-order valence-electron chi connectivity index (χ3n) is 3.96. The van der Waals surface area contributed by atoms with Crippen molar-refractivity contribution in [2.75, 3.05) is 19.7 Å². The third kappa shape index (κ3) is 3.48. The first-order valence-electron chi connectivity index (χ1n) is 7.33. The van der Waals surface area contributed by atoms with E-state index in [1.54, 1.807) is 0 Å². The van der Waals surface area contributed by atoms with E-state index >= 15 is 0 Å². The van der Waals surface area contributed by atoms with Gasteiger partial charge in [-0.2, -0.15) is 0 Å². The van der Waals surface area contributed by atoms with Gasteiger partial charge in [-0.1, -0.05) is 25.1 Å². The highest BCUT2D eigenvalue weighted by molar-refractivity contribution is 5.36. The molecule has 0 saturated carbocycles. The molecule has 3 nitrogen and oxygen atoms in total. The molecule has 0 bridgehead atoms. The van der Waals surface area contributed by atoms with Crippen molar-refractivity contribution in [1.82, 2.24) is 4.90 Å². The predicted octanol–water partition coefficient (Wildman–Crippen LogP) is 2.82. The molecule has 0 spiro atoms. The summed E-state index contributed by atoms with van der Waals surface area (Å²) in [4.78, 5) is 2.50. The SMILES string of the molecule is CCOc1ccccc1C(N)CN1CC(C)CC1C. The van der Waals surface area contributed by atoms with Crippen molar-refractivity contribution in [3.8, 4) is 5.75 Å². The molecule has 1 aliphatic heterocycles. The Labute approximate surface area is 116 Å². The zero-order valence-electron chi connectivity index (χ0n) is 12.3. The Kier molecular flexibility index (Phi) is 4.83. The average molecular weight is 262 g/mol. The van der Waals surface area contributed by atoms with E-state index in [-0.39, 0.29) is 6.04 Å². The molecule has 1 heterocycles. The first kappa shape index (κ1) is 14.4. The Morgan fingerprint density at radius 3 is 2.74 bits per heavy atom. The summed E-state index contributed by atoms with van der Waals surface area (Å²) in [5.74, 6) is 1.71. The number of hydrogen-bond acceptors (Lipinski definition) is 3. The van der Waals surface area contributed by atoms with E-state index in [1.165, 1.54) is 6.42 Å². The smallest absolute Gasteiger partial charge is 0.124 e. The van der Waals surface area contributed by atoms with Gasteiger partial charge in [0.2, 0.25) is 0 Å². The zero-order valence-corrected chi connectivity index (χ0v) is 12.3. The fourth-order valence-electron chi connectivity index (χ4n) is 3.07. The van der Waals surface area contributed by atoms with Gasteiger partial charge in [0.1, 0.15) is 5.75 Å². The topological polar surface area (TPSA) is 38.5 Å². The maximum atomic E-state index is 6.39. The molecule has 3 unspecified atom stereocenters. The number of likely N-dealkylation sites (tertiary alicyclic amines) is 1. The lowest BCUT2D eigenvalue weighted by Gasteiger charge is -2.26. The number of hydrogen-bond donors (Lipinski definition) is 1. The summed E-state index contributed by atoms with van der Waals surface area (Å²) in [5.41, 5.74) is 7.51. The molecular formula is C16H26N2O. The lowest BCUT2D eigenvalue weighted by Crippen LogP contribution is -2.34. The van der Waals surface area contributed by atoms with Crippen molar-refractivity contribution >= 4 is 0 Å². The van der Waals surface area contributed by atoms with Crippen LogP contribution in [0.1, 0.15) is 38.8 Å². The summed E-state index contributed by atoms with van der Waals surface area (Å²) in [7, 11) is 0. The molecule has 0 aliphatic carbocycles. The molecule has 1 fully saturated rings. The number of rotatable bonds is 5. The summed E-state index contributed by atoms with van der Waals surface area (Å²) in [6.07, 6.45) is 1.28. The van der Waals surface area contributed by atoms with Crippen LogP contribution in [-0.4, -0.2) is 30.6 Å². The van der Waals surface area contributed by atoms with Crippen molar-refractivity contribution in [3.05, 3.63) is 29.8 Å². The standard InChI is InChI=1S/C16H26N2O/c1-4-19-16-8-6-5-7-14(16)15(17)11-18-10-12(2)9-13(18)3/h5-8,12-13,15H,4,9-11,17H2,1-3H3. The maximum Gasteiger partial charge on any atom is 0.124 e. The number of ether oxygens (including phenoxy) is 1. The van der Waals surface area contributed by atoms with E-state index < -0.39 is 0 Å². The maximum absolute atomic E-state index is 6.39. The number of nitrogens with two attached hydrogens (primary N) is 1. The summed E-state index contributed by atoms with van der Waals surface area (Å²) >= 11 is 0. The minimum atomic E-state index is 0.0236. The van der Waals surface area contributed by atoms with Crippen LogP contribution in [0.15, 0.2) is 24.3 Å². The van der Waals surface area contributed by atoms with Crippen LogP contribution in [0.5, 0.6) is 5.75 Å². The lowest BCUT2D eigenvalue weighted by molar-refractivity contribution is 0.246. The first-order chi connectivity index (χ1) is 9.11. The fraction of sp³-hybridized carbons (Fsp3) is 0.625. The van der Waals surface area contributed by atoms with Crippen molar-refractivity contribution in [2.45, 2.75) is 39.3 Å². The van der Waals surface area contributed by atoms with Gasteiger partial charge in [-0.3, -0.25) is 4.90 Å². The van der Waals surface area contributed by atoms with Crippen LogP contribution in [0, 0.1) is 5.92 Å². The Bertz CT molecular complexity index is 407. The Hall–Kier alpha value is -1.06. The molecule has 1 aromatic carbocycles. The van der Waals surface area contributed by atoms with Gasteiger partial charge >= 0.3 is 0 Å². The van der Waals surface area contributed by atoms with E-state index in [2.05, 4.69) is 24.8 Å². The van der Waals surface area contributed by atoms with Crippen LogP contribution in [0.3, 0.4) is 0 Å². The van der Waals surface area contributed by atoms with Gasteiger partial charge in [-0.25, -0.2) is 0 Å². The van der Waals surface area contributed by atoms with E-state index in [1.807, 2.05) is 25.1 Å². The summed E-state index contributed by atoms with van der Waals surface area (Å²) in [6, 6.07) is 8.79. The molecule has 1 aromatic rings. The van der Waals surface area contributed by atoms with Crippen LogP contribution < -0.4 is 10.5 Å². The van der Waals surface area contributed by atoms with E-state index in [0.717, 1.165) is 30.3 Å². The highest BCUT2D eigenvalue weighted by atomic mass is 16.5. The Balaban J connectivity index is 2.05. The normalized spacial score (nSPS) is 25.5. The number of para-hydroxylation sites is 1. The van der Waals surface area contributed by atoms with E-state index in [4.69, 9.17) is 10.5 Å². The van der Waals surface area contributed by atoms with Gasteiger partial charge in [0.25, 0.3) is 0 Å². The number of nitrogens with zero attached hydrogens (tertiary/aromatic N) is 1. The minimum Gasteiger partial charge on any atom is -0.494 e. The molecule has 3 heteroatoms. The molecule has 0 radical (unpaired) electrons. The molecule has 2 N–H and O–H groups in total. The summed E-state index contributed by atoms with van der Waals surface area (Å²) in [5, 5.41) is 0. The second kappa shape index (κ2) is 6.40. The lowest BCUT2D eigenvalue weighted by atomic mass is 10.1. The Morgan fingerprint density at radius 1 is 1.37 bits per heavy atom. The second-order valence-electron chi connectivity index (χ2n) is 5.72. The second-order valence-corrected chi connectivity index (χ2v) is 5.72. The van der Waals surface area contributed by atoms with Gasteiger partial charge in [0, 0.05) is 30.7 Å². The van der Waals surface area contributed by atoms with Crippen LogP contribution in [0.2, 0.25) is 0 Å². The average Bonchev–Trinajstić information content (AvgIpc) is 2.69. The van der Waals surface area contributed by atoms with Gasteiger partial charge in [-0.05, 0) is 32.3 Å². The highest BCUT2D eigenvalue weighted by Gasteiger charge is 2.27. The highest BCUT2D eigenvalue weighted by Crippen LogP contribution is 2.28. The molecule has 1 aliphatic rings. The van der Waals surface area contributed by atoms with E-state index in [0.29, 0.717) is 12.6 Å². The van der Waals surface area contributed by atoms with Crippen molar-refractivity contribution in [3.63, 3.8) is 0 Å². The van der Waals surface area contributed by atoms with Crippen LogP contribution in [0.25, 0.3) is 0 Å². The van der Waals surface area contributed by atoms with Crippen LogP contribution in [0.4, 0.5) is 0 Å².